The maximum Gasteiger partial charge on any atom is 0.139 e. The number of nitrogens with zero attached hydrogens (tertiary/aromatic N) is 4. The van der Waals surface area contributed by atoms with Crippen LogP contribution in [0.5, 0.6) is 0 Å². The quantitative estimate of drug-likeness (QED) is 0.561. The lowest BCUT2D eigenvalue weighted by molar-refractivity contribution is -0.108. The van der Waals surface area contributed by atoms with Crippen LogP contribution in [0.15, 0.2) is 58.6 Å². The molecule has 1 aliphatic carbocycles. The summed E-state index contributed by atoms with van der Waals surface area (Å²) < 4.78 is 0. The van der Waals surface area contributed by atoms with Crippen LogP contribution in [0.2, 0.25) is 0 Å². The van der Waals surface area contributed by atoms with Gasteiger partial charge in [0.15, 0.2) is 0 Å². The number of aldehydes is 1. The van der Waals surface area contributed by atoms with Gasteiger partial charge >= 0.3 is 0 Å². The van der Waals surface area contributed by atoms with Crippen molar-refractivity contribution in [3.05, 3.63) is 54.2 Å². The molecule has 2 aromatic carbocycles. The Kier molecular flexibility index (Phi) is 7.04. The van der Waals surface area contributed by atoms with E-state index in [9.17, 15) is 4.79 Å². The van der Waals surface area contributed by atoms with Gasteiger partial charge in [0.1, 0.15) is 12.1 Å². The Labute approximate surface area is 204 Å². The molecule has 1 fully saturated rings. The van der Waals surface area contributed by atoms with Gasteiger partial charge in [0, 0.05) is 24.4 Å². The average Bonchev–Trinajstić information content (AvgIpc) is 3.59. The highest BCUT2D eigenvalue weighted by molar-refractivity contribution is 5.97. The van der Waals surface area contributed by atoms with Crippen LogP contribution in [0.4, 0.5) is 0 Å². The van der Waals surface area contributed by atoms with Gasteiger partial charge < -0.3 is 14.6 Å². The topological polar surface area (TPSA) is 48.3 Å². The van der Waals surface area contributed by atoms with Gasteiger partial charge in [0.05, 0.1) is 19.1 Å². The molecule has 1 aliphatic heterocycles. The summed E-state index contributed by atoms with van der Waals surface area (Å²) in [5, 5.41) is 2.45. The highest BCUT2D eigenvalue weighted by atomic mass is 16.1. The number of hydrogen-bond acceptors (Lipinski definition) is 5. The molecule has 0 bridgehead atoms. The fourth-order valence-electron chi connectivity index (χ4n) is 5.15. The summed E-state index contributed by atoms with van der Waals surface area (Å²) in [5.41, 5.74) is 3.48. The number of aliphatic imine (C=N–C) groups is 2. The van der Waals surface area contributed by atoms with E-state index in [-0.39, 0.29) is 11.5 Å². The fourth-order valence-corrected chi connectivity index (χ4v) is 5.15. The molecule has 5 nitrogen and oxygen atoms in total. The van der Waals surface area contributed by atoms with E-state index in [1.807, 2.05) is 6.20 Å². The van der Waals surface area contributed by atoms with Crippen molar-refractivity contribution < 1.29 is 4.79 Å². The molecule has 3 atom stereocenters. The zero-order valence-corrected chi connectivity index (χ0v) is 21.5. The molecule has 2 aromatic rings. The Hall–Kier alpha value is -2.79. The van der Waals surface area contributed by atoms with Crippen LogP contribution in [0.1, 0.15) is 39.7 Å². The Balaban J connectivity index is 1.79. The van der Waals surface area contributed by atoms with E-state index in [2.05, 4.69) is 94.1 Å². The van der Waals surface area contributed by atoms with Crippen molar-refractivity contribution in [3.8, 4) is 0 Å². The number of hydrogen-bond donors (Lipinski definition) is 0. The summed E-state index contributed by atoms with van der Waals surface area (Å²) in [6.07, 6.45) is 4.12. The van der Waals surface area contributed by atoms with E-state index < -0.39 is 0 Å². The molecule has 4 rings (SSSR count). The number of likely N-dealkylation sites (N-methyl/N-ethyl adjacent to an activating group) is 1. The summed E-state index contributed by atoms with van der Waals surface area (Å²) >= 11 is 0. The van der Waals surface area contributed by atoms with Crippen molar-refractivity contribution in [2.24, 2.45) is 27.2 Å². The summed E-state index contributed by atoms with van der Waals surface area (Å²) in [4.78, 5) is 26.3. The molecule has 5 heteroatoms. The van der Waals surface area contributed by atoms with Crippen LogP contribution in [0, 0.1) is 17.3 Å². The number of fused-ring (bicyclic) bond motifs is 1. The van der Waals surface area contributed by atoms with E-state index in [1.165, 1.54) is 10.8 Å². The molecule has 180 valence electrons. The second kappa shape index (κ2) is 9.83. The predicted octanol–water partition coefficient (Wildman–Crippen LogP) is 5.17. The van der Waals surface area contributed by atoms with Crippen molar-refractivity contribution in [1.29, 1.82) is 0 Å². The van der Waals surface area contributed by atoms with E-state index in [4.69, 9.17) is 9.98 Å². The van der Waals surface area contributed by atoms with Gasteiger partial charge in [0.2, 0.25) is 0 Å². The molecule has 0 N–H and O–H groups in total. The minimum absolute atomic E-state index is 0.00683. The Morgan fingerprint density at radius 1 is 1.12 bits per heavy atom. The number of rotatable bonds is 6. The molecule has 0 spiro atoms. The smallest absolute Gasteiger partial charge is 0.139 e. The van der Waals surface area contributed by atoms with Crippen LogP contribution in [0.3, 0.4) is 0 Å². The molecule has 2 aliphatic rings. The maximum absolute atomic E-state index is 11.8. The van der Waals surface area contributed by atoms with Crippen LogP contribution in [-0.2, 0) is 4.79 Å². The normalized spacial score (nSPS) is 25.1. The lowest BCUT2D eigenvalue weighted by atomic mass is 9.88. The molecule has 3 unspecified atom stereocenters. The zero-order chi connectivity index (χ0) is 24.5. The van der Waals surface area contributed by atoms with Gasteiger partial charge in [-0.25, -0.2) is 0 Å². The Bertz CT molecular complexity index is 1140. The van der Waals surface area contributed by atoms with Crippen LogP contribution in [0.25, 0.3) is 16.3 Å². The highest BCUT2D eigenvalue weighted by Crippen LogP contribution is 2.52. The number of carbonyl (C=O) groups is 1. The van der Waals surface area contributed by atoms with Crippen LogP contribution < -0.4 is 0 Å². The molecule has 1 saturated carbocycles. The summed E-state index contributed by atoms with van der Waals surface area (Å²) in [6.45, 7) is 10.7. The first kappa shape index (κ1) is 24.3. The third-order valence-corrected chi connectivity index (χ3v) is 7.15. The van der Waals surface area contributed by atoms with Gasteiger partial charge in [-0.3, -0.25) is 9.98 Å². The molecule has 0 aromatic heterocycles. The van der Waals surface area contributed by atoms with Crippen LogP contribution in [-0.4, -0.2) is 67.4 Å². The summed E-state index contributed by atoms with van der Waals surface area (Å²) in [7, 11) is 4.14. The monoisotopic (exact) mass is 458 g/mol. The van der Waals surface area contributed by atoms with Crippen LogP contribution >= 0.6 is 0 Å². The third kappa shape index (κ3) is 5.30. The molecular weight excluding hydrogens is 420 g/mol. The third-order valence-electron chi connectivity index (χ3n) is 7.15. The van der Waals surface area contributed by atoms with Gasteiger partial charge in [-0.05, 0) is 66.7 Å². The van der Waals surface area contributed by atoms with Crippen molar-refractivity contribution in [3.63, 3.8) is 0 Å². The fraction of sp³-hybridized carbons (Fsp3) is 0.483. The molecule has 0 saturated heterocycles. The molecule has 1 heterocycles. The van der Waals surface area contributed by atoms with Gasteiger partial charge in [0.25, 0.3) is 0 Å². The zero-order valence-electron chi connectivity index (χ0n) is 21.5. The summed E-state index contributed by atoms with van der Waals surface area (Å²) in [5.74, 6) is 2.03. The Morgan fingerprint density at radius 3 is 2.50 bits per heavy atom. The van der Waals surface area contributed by atoms with Gasteiger partial charge in [-0.1, -0.05) is 57.2 Å². The van der Waals surface area contributed by atoms with Gasteiger partial charge in [-0.15, -0.1) is 0 Å². The second-order valence-corrected chi connectivity index (χ2v) is 11.1. The highest BCUT2D eigenvalue weighted by Gasteiger charge is 2.50. The van der Waals surface area contributed by atoms with Gasteiger partial charge in [-0.2, -0.15) is 0 Å². The van der Waals surface area contributed by atoms with E-state index in [0.717, 1.165) is 41.9 Å². The number of benzene rings is 2. The standard InChI is InChI=1S/C29H38N4O/c1-20-27(19-32(5)6)33(13-14-34)28(25-16-26(25)29(2,3)4)31-18-24(17-30-20)23-12-11-21-9-7-8-10-22(21)15-23/h7-12,14-15,17,25-27H,13,16,18-19H2,1-6H3/b24-17+,30-20?,31-28?. The molecular formula is C29H38N4O. The lowest BCUT2D eigenvalue weighted by Gasteiger charge is -2.35. The van der Waals surface area contributed by atoms with Crippen molar-refractivity contribution in [1.82, 2.24) is 9.80 Å². The minimum atomic E-state index is 0.00683. The predicted molar refractivity (Wildman–Crippen MR) is 143 cm³/mol. The minimum Gasteiger partial charge on any atom is -0.344 e. The second-order valence-electron chi connectivity index (χ2n) is 11.1. The lowest BCUT2D eigenvalue weighted by Crippen LogP contribution is -2.51. The molecule has 0 radical (unpaired) electrons. The SMILES string of the molecule is CC1=N/C=C(/c2ccc3ccccc3c2)CN=C(C2CC2C(C)(C)C)N(CC=O)C1CN(C)C. The molecule has 34 heavy (non-hydrogen) atoms. The average molecular weight is 459 g/mol. The Morgan fingerprint density at radius 2 is 1.85 bits per heavy atom. The van der Waals surface area contributed by atoms with Crippen molar-refractivity contribution >= 4 is 34.2 Å². The maximum atomic E-state index is 11.8. The number of carbonyl (C=O) groups excluding carboxylic acids is 1. The first-order valence-corrected chi connectivity index (χ1v) is 12.3. The first-order valence-electron chi connectivity index (χ1n) is 12.3. The van der Waals surface area contributed by atoms with E-state index in [1.54, 1.807) is 0 Å². The van der Waals surface area contributed by atoms with E-state index in [0.29, 0.717) is 24.9 Å². The summed E-state index contributed by atoms with van der Waals surface area (Å²) in [6, 6.07) is 15.0. The van der Waals surface area contributed by atoms with Crippen molar-refractivity contribution in [2.75, 3.05) is 33.7 Å². The molecule has 0 amide bonds. The number of amidine groups is 1. The largest absolute Gasteiger partial charge is 0.344 e. The first-order chi connectivity index (χ1) is 16.2. The van der Waals surface area contributed by atoms with Crippen molar-refractivity contribution in [2.45, 2.75) is 40.2 Å². The van der Waals surface area contributed by atoms with E-state index >= 15 is 0 Å².